The van der Waals surface area contributed by atoms with Crippen molar-refractivity contribution >= 4 is 28.8 Å². The van der Waals surface area contributed by atoms with Gasteiger partial charge >= 0.3 is 6.03 Å². The Labute approximate surface area is 116 Å². The molecule has 0 saturated carbocycles. The van der Waals surface area contributed by atoms with E-state index in [0.29, 0.717) is 0 Å². The zero-order valence-corrected chi connectivity index (χ0v) is 11.6. The Morgan fingerprint density at radius 3 is 2.53 bits per heavy atom. The van der Waals surface area contributed by atoms with Gasteiger partial charge in [0, 0.05) is 10.6 Å². The van der Waals surface area contributed by atoms with Gasteiger partial charge in [0.05, 0.1) is 10.6 Å². The summed E-state index contributed by atoms with van der Waals surface area (Å²) in [7, 11) is 0. The molecule has 0 aliphatic heterocycles. The molecule has 19 heavy (non-hydrogen) atoms. The molecule has 1 heterocycles. The minimum absolute atomic E-state index is 0.348. The van der Waals surface area contributed by atoms with Crippen molar-refractivity contribution in [3.63, 3.8) is 0 Å². The maximum absolute atomic E-state index is 11.6. The first kappa shape index (κ1) is 13.3. The van der Waals surface area contributed by atoms with Gasteiger partial charge in [0.1, 0.15) is 0 Å². The van der Waals surface area contributed by atoms with Crippen molar-refractivity contribution in [1.82, 2.24) is 5.43 Å². The number of anilines is 1. The smallest absolute Gasteiger partial charge is 0.307 e. The number of benzene rings is 1. The Kier molecular flexibility index (Phi) is 4.30. The molecule has 0 spiro atoms. The van der Waals surface area contributed by atoms with Crippen LogP contribution in [0.5, 0.6) is 0 Å². The van der Waals surface area contributed by atoms with Crippen LogP contribution in [0.4, 0.5) is 10.5 Å². The molecule has 0 fully saturated rings. The number of rotatable bonds is 3. The van der Waals surface area contributed by atoms with Crippen molar-refractivity contribution in [3.05, 3.63) is 52.2 Å². The molecule has 2 N–H and O–H groups in total. The van der Waals surface area contributed by atoms with Crippen LogP contribution in [0.15, 0.2) is 47.6 Å². The number of para-hydroxylation sites is 1. The highest BCUT2D eigenvalue weighted by Crippen LogP contribution is 2.15. The highest BCUT2D eigenvalue weighted by molar-refractivity contribution is 7.14. The number of amides is 2. The summed E-state index contributed by atoms with van der Waals surface area (Å²) in [5.41, 5.74) is 4.01. The third kappa shape index (κ3) is 3.93. The quantitative estimate of drug-likeness (QED) is 0.651. The van der Waals surface area contributed by atoms with Gasteiger partial charge < -0.3 is 5.32 Å². The van der Waals surface area contributed by atoms with E-state index in [1.807, 2.05) is 56.3 Å². The minimum atomic E-state index is -0.348. The highest BCUT2D eigenvalue weighted by atomic mass is 32.1. The monoisotopic (exact) mass is 273 g/mol. The van der Waals surface area contributed by atoms with Crippen LogP contribution >= 0.6 is 11.3 Å². The largest absolute Gasteiger partial charge is 0.339 e. The molecule has 1 aromatic heterocycles. The molecule has 2 amide bonds. The molecule has 1 aromatic carbocycles. The van der Waals surface area contributed by atoms with Gasteiger partial charge in [0.15, 0.2) is 0 Å². The van der Waals surface area contributed by atoms with Crippen LogP contribution in [0.25, 0.3) is 0 Å². The van der Waals surface area contributed by atoms with E-state index in [0.717, 1.165) is 16.3 Å². The number of aryl methyl sites for hydroxylation is 1. The summed E-state index contributed by atoms with van der Waals surface area (Å²) in [6.45, 7) is 3.91. The molecule has 0 radical (unpaired) electrons. The fourth-order valence-corrected chi connectivity index (χ4v) is 2.31. The van der Waals surface area contributed by atoms with Gasteiger partial charge in [-0.1, -0.05) is 18.2 Å². The minimum Gasteiger partial charge on any atom is -0.307 e. The summed E-state index contributed by atoms with van der Waals surface area (Å²) >= 11 is 1.65. The molecule has 2 rings (SSSR count). The lowest BCUT2D eigenvalue weighted by Gasteiger charge is -2.04. The third-order valence-electron chi connectivity index (χ3n) is 2.45. The molecule has 4 nitrogen and oxygen atoms in total. The van der Waals surface area contributed by atoms with E-state index in [2.05, 4.69) is 15.8 Å². The van der Waals surface area contributed by atoms with Gasteiger partial charge in [-0.3, -0.25) is 0 Å². The number of hydrogen-bond acceptors (Lipinski definition) is 3. The summed E-state index contributed by atoms with van der Waals surface area (Å²) in [5.74, 6) is 0. The van der Waals surface area contributed by atoms with E-state index in [1.54, 1.807) is 11.3 Å². The van der Waals surface area contributed by atoms with E-state index >= 15 is 0 Å². The lowest BCUT2D eigenvalue weighted by Crippen LogP contribution is -2.25. The van der Waals surface area contributed by atoms with Crippen molar-refractivity contribution in [2.45, 2.75) is 13.8 Å². The van der Waals surface area contributed by atoms with Crippen LogP contribution in [-0.4, -0.2) is 11.7 Å². The predicted molar refractivity (Wildman–Crippen MR) is 79.9 cm³/mol. The van der Waals surface area contributed by atoms with Crippen molar-refractivity contribution in [1.29, 1.82) is 0 Å². The standard InChI is InChI=1S/C14H15N3OS/c1-10-8-9-13(19-10)11(2)16-17-14(18)15-12-6-4-3-5-7-12/h3-9H,1-2H3,(H2,15,17,18)/b16-11-. The van der Waals surface area contributed by atoms with Crippen molar-refractivity contribution in [3.8, 4) is 0 Å². The van der Waals surface area contributed by atoms with Gasteiger partial charge in [0.2, 0.25) is 0 Å². The molecule has 0 aliphatic rings. The fraction of sp³-hybridized carbons (Fsp3) is 0.143. The van der Waals surface area contributed by atoms with Gasteiger partial charge in [-0.2, -0.15) is 5.10 Å². The topological polar surface area (TPSA) is 53.5 Å². The van der Waals surface area contributed by atoms with E-state index < -0.39 is 0 Å². The van der Waals surface area contributed by atoms with E-state index in [-0.39, 0.29) is 6.03 Å². The number of carbonyl (C=O) groups excluding carboxylic acids is 1. The van der Waals surface area contributed by atoms with Crippen LogP contribution in [0.2, 0.25) is 0 Å². The predicted octanol–water partition coefficient (Wildman–Crippen LogP) is 3.60. The molecule has 0 saturated heterocycles. The van der Waals surface area contributed by atoms with Crippen molar-refractivity contribution in [2.75, 3.05) is 5.32 Å². The number of hydrogen-bond donors (Lipinski definition) is 2. The Morgan fingerprint density at radius 2 is 1.89 bits per heavy atom. The number of nitrogens with zero attached hydrogens (tertiary/aromatic N) is 1. The summed E-state index contributed by atoms with van der Waals surface area (Å²) in [6.07, 6.45) is 0. The average molecular weight is 273 g/mol. The van der Waals surface area contributed by atoms with Crippen LogP contribution in [0.1, 0.15) is 16.7 Å². The third-order valence-corrected chi connectivity index (χ3v) is 3.56. The maximum atomic E-state index is 11.6. The zero-order chi connectivity index (χ0) is 13.7. The Bertz CT molecular complexity index is 590. The number of thiophene rings is 1. The Balaban J connectivity index is 1.93. The second kappa shape index (κ2) is 6.15. The number of hydrazone groups is 1. The second-order valence-electron chi connectivity index (χ2n) is 4.04. The van der Waals surface area contributed by atoms with Crippen molar-refractivity contribution < 1.29 is 4.79 Å². The average Bonchev–Trinajstić information content (AvgIpc) is 2.84. The molecule has 98 valence electrons. The van der Waals surface area contributed by atoms with Crippen LogP contribution in [0.3, 0.4) is 0 Å². The SMILES string of the molecule is C/C(=N/NC(=O)Nc1ccccc1)c1ccc(C)s1. The molecule has 0 atom stereocenters. The number of carbonyl (C=O) groups is 1. The molecule has 0 aliphatic carbocycles. The zero-order valence-electron chi connectivity index (χ0n) is 10.8. The number of urea groups is 1. The first-order chi connectivity index (χ1) is 9.15. The van der Waals surface area contributed by atoms with Crippen molar-refractivity contribution in [2.24, 2.45) is 5.10 Å². The molecular weight excluding hydrogens is 258 g/mol. The Morgan fingerprint density at radius 1 is 1.16 bits per heavy atom. The van der Waals surface area contributed by atoms with Gasteiger partial charge in [0.25, 0.3) is 0 Å². The number of nitrogens with one attached hydrogen (secondary N) is 2. The molecular formula is C14H15N3OS. The normalized spacial score (nSPS) is 11.2. The van der Waals surface area contributed by atoms with E-state index in [9.17, 15) is 4.79 Å². The first-order valence-corrected chi connectivity index (χ1v) is 6.70. The maximum Gasteiger partial charge on any atom is 0.339 e. The second-order valence-corrected chi connectivity index (χ2v) is 5.33. The summed E-state index contributed by atoms with van der Waals surface area (Å²) in [6, 6.07) is 12.9. The fourth-order valence-electron chi connectivity index (χ4n) is 1.50. The molecule has 5 heteroatoms. The van der Waals surface area contributed by atoms with E-state index in [1.165, 1.54) is 4.88 Å². The highest BCUT2D eigenvalue weighted by Gasteiger charge is 2.02. The van der Waals surface area contributed by atoms with Crippen LogP contribution in [-0.2, 0) is 0 Å². The molecule has 0 bridgehead atoms. The summed E-state index contributed by atoms with van der Waals surface area (Å²) < 4.78 is 0. The van der Waals surface area contributed by atoms with Gasteiger partial charge in [-0.15, -0.1) is 11.3 Å². The lowest BCUT2D eigenvalue weighted by atomic mass is 10.3. The summed E-state index contributed by atoms with van der Waals surface area (Å²) in [5, 5.41) is 6.77. The van der Waals surface area contributed by atoms with Gasteiger partial charge in [-0.05, 0) is 38.1 Å². The molecule has 0 unspecified atom stereocenters. The Hall–Kier alpha value is -2.14. The summed E-state index contributed by atoms with van der Waals surface area (Å²) in [4.78, 5) is 13.9. The lowest BCUT2D eigenvalue weighted by molar-refractivity contribution is 0.252. The molecule has 2 aromatic rings. The van der Waals surface area contributed by atoms with Crippen LogP contribution < -0.4 is 10.7 Å². The van der Waals surface area contributed by atoms with Gasteiger partial charge in [-0.25, -0.2) is 10.2 Å². The van der Waals surface area contributed by atoms with E-state index in [4.69, 9.17) is 0 Å². The first-order valence-electron chi connectivity index (χ1n) is 5.88. The van der Waals surface area contributed by atoms with Crippen LogP contribution in [0, 0.1) is 6.92 Å².